The van der Waals surface area contributed by atoms with Crippen LogP contribution in [0.15, 0.2) is 16.9 Å². The minimum Gasteiger partial charge on any atom is -0.503 e. The third kappa shape index (κ3) is 2.56. The lowest BCUT2D eigenvalue weighted by Gasteiger charge is -2.28. The molecule has 0 amide bonds. The van der Waals surface area contributed by atoms with Crippen LogP contribution in [-0.4, -0.2) is 37.0 Å². The van der Waals surface area contributed by atoms with E-state index in [1.807, 2.05) is 0 Å². The maximum atomic E-state index is 14.0. The van der Waals surface area contributed by atoms with Crippen LogP contribution in [0, 0.1) is 0 Å². The molecule has 0 atom stereocenters. The first-order chi connectivity index (χ1) is 10.3. The van der Waals surface area contributed by atoms with Gasteiger partial charge in [-0.25, -0.2) is 13.8 Å². The van der Waals surface area contributed by atoms with Crippen molar-refractivity contribution in [3.63, 3.8) is 0 Å². The average Bonchev–Trinajstić information content (AvgIpc) is 2.90. The first-order valence-corrected chi connectivity index (χ1v) is 6.39. The van der Waals surface area contributed by atoms with E-state index in [2.05, 4.69) is 26.1 Å². The second-order valence-electron chi connectivity index (χ2n) is 4.40. The molecule has 128 valence electrons. The van der Waals surface area contributed by atoms with Crippen LogP contribution in [-0.2, 0) is 12.7 Å². The van der Waals surface area contributed by atoms with Gasteiger partial charge in [-0.1, -0.05) is 0 Å². The van der Waals surface area contributed by atoms with Gasteiger partial charge in [-0.2, -0.15) is 36.5 Å². The Balaban J connectivity index is 2.74. The monoisotopic (exact) mass is 410 g/mol. The minimum atomic E-state index is -6.38. The summed E-state index contributed by atoms with van der Waals surface area (Å²) in [4.78, 5) is 0. The first-order valence-electron chi connectivity index (χ1n) is 5.60. The predicted octanol–water partition coefficient (Wildman–Crippen LogP) is 3.36. The number of alkyl halides is 7. The molecule has 2 aromatic rings. The van der Waals surface area contributed by atoms with Gasteiger partial charge in [0.25, 0.3) is 0 Å². The molecule has 23 heavy (non-hydrogen) atoms. The molecule has 0 aliphatic carbocycles. The van der Waals surface area contributed by atoms with Crippen molar-refractivity contribution in [1.82, 2.24) is 19.6 Å². The standard InChI is InChI=1S/C10H6BrF7N4O/c1-21-7(22-3-4(11)2-19-22)5(23)6(20-21)8(12,9(13,14)15)10(16,17)18/h2-3,23H,1H3. The molecule has 2 rings (SSSR count). The fraction of sp³-hybridized carbons (Fsp3) is 0.400. The van der Waals surface area contributed by atoms with Crippen LogP contribution >= 0.6 is 15.9 Å². The quantitative estimate of drug-likeness (QED) is 0.772. The summed E-state index contributed by atoms with van der Waals surface area (Å²) in [5.41, 5.74) is -8.04. The largest absolute Gasteiger partial charge is 0.503 e. The molecular formula is C10H6BrF7N4O. The minimum absolute atomic E-state index is 0.317. The summed E-state index contributed by atoms with van der Waals surface area (Å²) in [6, 6.07) is 0. The average molecular weight is 411 g/mol. The van der Waals surface area contributed by atoms with E-state index in [1.165, 1.54) is 0 Å². The van der Waals surface area contributed by atoms with Crippen LogP contribution in [0.25, 0.3) is 5.82 Å². The molecule has 1 N–H and O–H groups in total. The van der Waals surface area contributed by atoms with Gasteiger partial charge in [0, 0.05) is 13.2 Å². The Morgan fingerprint density at radius 1 is 1.09 bits per heavy atom. The molecule has 0 spiro atoms. The number of nitrogens with zero attached hydrogens (tertiary/aromatic N) is 4. The van der Waals surface area contributed by atoms with E-state index < -0.39 is 35.3 Å². The van der Waals surface area contributed by atoms with Gasteiger partial charge in [-0.15, -0.1) is 0 Å². The summed E-state index contributed by atoms with van der Waals surface area (Å²) in [5, 5.41) is 16.2. The van der Waals surface area contributed by atoms with E-state index in [0.717, 1.165) is 24.1 Å². The Hall–Kier alpha value is -1.79. The first kappa shape index (κ1) is 17.6. The number of aryl methyl sites for hydroxylation is 1. The summed E-state index contributed by atoms with van der Waals surface area (Å²) in [5.74, 6) is -2.29. The summed E-state index contributed by atoms with van der Waals surface area (Å²) in [6.07, 6.45) is -10.5. The van der Waals surface area contributed by atoms with Crippen molar-refractivity contribution in [2.45, 2.75) is 18.0 Å². The molecule has 0 bridgehead atoms. The topological polar surface area (TPSA) is 55.9 Å². The lowest BCUT2D eigenvalue weighted by Crippen LogP contribution is -2.50. The molecule has 0 unspecified atom stereocenters. The van der Waals surface area contributed by atoms with Crippen LogP contribution in [0.3, 0.4) is 0 Å². The van der Waals surface area contributed by atoms with Gasteiger partial charge in [0.05, 0.1) is 10.7 Å². The zero-order valence-electron chi connectivity index (χ0n) is 10.9. The number of aromatic nitrogens is 4. The highest BCUT2D eigenvalue weighted by atomic mass is 79.9. The fourth-order valence-electron chi connectivity index (χ4n) is 1.84. The van der Waals surface area contributed by atoms with Crippen molar-refractivity contribution in [3.05, 3.63) is 22.6 Å². The Bertz CT molecular complexity index is 719. The number of hydrogen-bond acceptors (Lipinski definition) is 3. The zero-order chi connectivity index (χ0) is 17.8. The molecule has 0 fully saturated rings. The third-order valence-electron chi connectivity index (χ3n) is 2.87. The van der Waals surface area contributed by atoms with E-state index in [9.17, 15) is 35.8 Å². The predicted molar refractivity (Wildman–Crippen MR) is 64.6 cm³/mol. The highest BCUT2D eigenvalue weighted by molar-refractivity contribution is 9.10. The van der Waals surface area contributed by atoms with E-state index in [1.54, 1.807) is 0 Å². The Labute approximate surface area is 131 Å². The maximum absolute atomic E-state index is 14.0. The molecule has 5 nitrogen and oxygen atoms in total. The van der Waals surface area contributed by atoms with Gasteiger partial charge in [-0.3, -0.25) is 0 Å². The SMILES string of the molecule is Cn1nc(C(F)(C(F)(F)F)C(F)(F)F)c(O)c1-n1cc(Br)cn1. The van der Waals surface area contributed by atoms with Gasteiger partial charge < -0.3 is 5.11 Å². The van der Waals surface area contributed by atoms with Crippen molar-refractivity contribution < 1.29 is 35.8 Å². The second kappa shape index (κ2) is 5.11. The van der Waals surface area contributed by atoms with Crippen molar-refractivity contribution in [2.75, 3.05) is 0 Å². The third-order valence-corrected chi connectivity index (χ3v) is 3.28. The van der Waals surface area contributed by atoms with E-state index >= 15 is 0 Å². The number of rotatable bonds is 2. The summed E-state index contributed by atoms with van der Waals surface area (Å²) in [6.45, 7) is 0. The van der Waals surface area contributed by atoms with Crippen LogP contribution in [0.2, 0.25) is 0 Å². The molecule has 0 saturated carbocycles. The molecular weight excluding hydrogens is 405 g/mol. The molecule has 0 aromatic carbocycles. The van der Waals surface area contributed by atoms with Gasteiger partial charge in [0.2, 0.25) is 0 Å². The molecule has 0 aliphatic heterocycles. The van der Waals surface area contributed by atoms with Crippen molar-refractivity contribution in [3.8, 4) is 11.6 Å². The van der Waals surface area contributed by atoms with E-state index in [0.29, 0.717) is 9.15 Å². The van der Waals surface area contributed by atoms with Crippen LogP contribution < -0.4 is 0 Å². The van der Waals surface area contributed by atoms with Crippen LogP contribution in [0.1, 0.15) is 5.69 Å². The second-order valence-corrected chi connectivity index (χ2v) is 5.32. The normalized spacial score (nSPS) is 13.6. The molecule has 2 heterocycles. The fourth-order valence-corrected chi connectivity index (χ4v) is 2.12. The van der Waals surface area contributed by atoms with Gasteiger partial charge in [-0.05, 0) is 15.9 Å². The summed E-state index contributed by atoms with van der Waals surface area (Å²) in [7, 11) is 0.932. The van der Waals surface area contributed by atoms with Crippen molar-refractivity contribution >= 4 is 15.9 Å². The highest BCUT2D eigenvalue weighted by Crippen LogP contribution is 2.55. The Morgan fingerprint density at radius 3 is 2.00 bits per heavy atom. The molecule has 0 saturated heterocycles. The molecule has 13 heteroatoms. The number of hydrogen-bond donors (Lipinski definition) is 1. The lowest BCUT2D eigenvalue weighted by atomic mass is 10.00. The van der Waals surface area contributed by atoms with Gasteiger partial charge >= 0.3 is 18.0 Å². The lowest BCUT2D eigenvalue weighted by molar-refractivity contribution is -0.350. The smallest absolute Gasteiger partial charge is 0.437 e. The van der Waals surface area contributed by atoms with Crippen LogP contribution in [0.5, 0.6) is 5.75 Å². The van der Waals surface area contributed by atoms with Crippen LogP contribution in [0.4, 0.5) is 30.7 Å². The van der Waals surface area contributed by atoms with Crippen molar-refractivity contribution in [1.29, 1.82) is 0 Å². The number of halogens is 8. The maximum Gasteiger partial charge on any atom is 0.437 e. The van der Waals surface area contributed by atoms with Gasteiger partial charge in [0.15, 0.2) is 17.3 Å². The molecule has 2 aromatic heterocycles. The van der Waals surface area contributed by atoms with Gasteiger partial charge in [0.1, 0.15) is 0 Å². The zero-order valence-corrected chi connectivity index (χ0v) is 12.5. The van der Waals surface area contributed by atoms with E-state index in [-0.39, 0.29) is 0 Å². The Kier molecular flexibility index (Phi) is 3.90. The molecule has 0 radical (unpaired) electrons. The van der Waals surface area contributed by atoms with Crippen molar-refractivity contribution in [2.24, 2.45) is 7.05 Å². The highest BCUT2D eigenvalue weighted by Gasteiger charge is 2.76. The summed E-state index contributed by atoms with van der Waals surface area (Å²) >= 11 is 2.96. The summed E-state index contributed by atoms with van der Waals surface area (Å²) < 4.78 is 91.9. The number of aromatic hydroxyl groups is 1. The molecule has 0 aliphatic rings. The van der Waals surface area contributed by atoms with E-state index in [4.69, 9.17) is 0 Å². The Morgan fingerprint density at radius 2 is 1.61 bits per heavy atom.